The van der Waals surface area contributed by atoms with Gasteiger partial charge in [-0.3, -0.25) is 0 Å². The number of amidine groups is 1. The zero-order valence-corrected chi connectivity index (χ0v) is 11.9. The van der Waals surface area contributed by atoms with Crippen LogP contribution in [0.4, 0.5) is 11.4 Å². The molecule has 0 radical (unpaired) electrons. The van der Waals surface area contributed by atoms with Crippen molar-refractivity contribution in [2.75, 3.05) is 5.32 Å². The molecule has 0 fully saturated rings. The van der Waals surface area contributed by atoms with Gasteiger partial charge >= 0.3 is 0 Å². The van der Waals surface area contributed by atoms with Gasteiger partial charge in [0.15, 0.2) is 0 Å². The van der Waals surface area contributed by atoms with Crippen LogP contribution in [0.25, 0.3) is 0 Å². The molecule has 2 nitrogen and oxygen atoms in total. The van der Waals surface area contributed by atoms with Gasteiger partial charge in [0, 0.05) is 5.69 Å². The minimum atomic E-state index is 0. The number of allylic oxidation sites excluding steroid dienone is 2. The molecule has 20 heavy (non-hydrogen) atoms. The lowest BCUT2D eigenvalue weighted by Gasteiger charge is -2.06. The van der Waals surface area contributed by atoms with Gasteiger partial charge in [-0.25, -0.2) is 4.99 Å². The molecule has 0 amide bonds. The molecule has 0 aliphatic heterocycles. The van der Waals surface area contributed by atoms with Gasteiger partial charge in [0.25, 0.3) is 0 Å². The van der Waals surface area contributed by atoms with Gasteiger partial charge in [0.1, 0.15) is 5.84 Å². The van der Waals surface area contributed by atoms with E-state index in [-0.39, 0.29) is 12.4 Å². The van der Waals surface area contributed by atoms with E-state index in [0.29, 0.717) is 0 Å². The lowest BCUT2D eigenvalue weighted by atomic mass is 10.3. The first-order valence-corrected chi connectivity index (χ1v) is 6.13. The van der Waals surface area contributed by atoms with Gasteiger partial charge in [-0.15, -0.1) is 12.4 Å². The molecule has 0 saturated carbocycles. The smallest absolute Gasteiger partial charge is 0.130 e. The number of hydrogen-bond acceptors (Lipinski definition) is 1. The Hall–Kier alpha value is -2.32. The highest BCUT2D eigenvalue weighted by Gasteiger charge is 1.96. The SMILES string of the molecule is C=C/C=C/C(=Nc1ccccc1)Nc1ccccc1.Cl. The quantitative estimate of drug-likeness (QED) is 0.477. The third kappa shape index (κ3) is 5.12. The fraction of sp³-hybridized carbons (Fsp3) is 0. The number of rotatable bonds is 4. The minimum Gasteiger partial charge on any atom is -0.340 e. The van der Waals surface area contributed by atoms with E-state index in [0.717, 1.165) is 17.2 Å². The number of nitrogens with zero attached hydrogens (tertiary/aromatic N) is 1. The van der Waals surface area contributed by atoms with Crippen molar-refractivity contribution in [3.05, 3.63) is 85.5 Å². The second kappa shape index (κ2) is 8.73. The summed E-state index contributed by atoms with van der Waals surface area (Å²) in [7, 11) is 0. The Kier molecular flexibility index (Phi) is 6.87. The van der Waals surface area contributed by atoms with E-state index in [1.54, 1.807) is 6.08 Å². The summed E-state index contributed by atoms with van der Waals surface area (Å²) in [5.74, 6) is 0.775. The molecule has 102 valence electrons. The summed E-state index contributed by atoms with van der Waals surface area (Å²) in [5, 5.41) is 3.28. The first-order chi connectivity index (χ1) is 9.38. The number of halogens is 1. The Morgan fingerprint density at radius 1 is 0.950 bits per heavy atom. The summed E-state index contributed by atoms with van der Waals surface area (Å²) in [6, 6.07) is 19.8. The Morgan fingerprint density at radius 2 is 1.55 bits per heavy atom. The van der Waals surface area contributed by atoms with Crippen LogP contribution < -0.4 is 5.32 Å². The van der Waals surface area contributed by atoms with Gasteiger partial charge in [0.05, 0.1) is 5.69 Å². The maximum absolute atomic E-state index is 4.56. The second-order valence-corrected chi connectivity index (χ2v) is 3.92. The Balaban J connectivity index is 0.00000200. The molecule has 0 aromatic heterocycles. The maximum Gasteiger partial charge on any atom is 0.130 e. The van der Waals surface area contributed by atoms with Gasteiger partial charge in [-0.2, -0.15) is 0 Å². The van der Waals surface area contributed by atoms with Crippen molar-refractivity contribution in [1.29, 1.82) is 0 Å². The predicted molar refractivity (Wildman–Crippen MR) is 90.2 cm³/mol. The normalized spacial score (nSPS) is 10.9. The van der Waals surface area contributed by atoms with Crippen molar-refractivity contribution >= 4 is 29.6 Å². The number of anilines is 1. The Bertz CT molecular complexity index is 574. The van der Waals surface area contributed by atoms with Crippen LogP contribution >= 0.6 is 12.4 Å². The van der Waals surface area contributed by atoms with E-state index in [2.05, 4.69) is 16.9 Å². The summed E-state index contributed by atoms with van der Waals surface area (Å²) < 4.78 is 0. The number of aliphatic imine (C=N–C) groups is 1. The lowest BCUT2D eigenvalue weighted by molar-refractivity contribution is 1.49. The molecule has 3 heteroatoms. The Morgan fingerprint density at radius 3 is 2.15 bits per heavy atom. The van der Waals surface area contributed by atoms with Gasteiger partial charge in [-0.05, 0) is 30.3 Å². The maximum atomic E-state index is 4.56. The average Bonchev–Trinajstić information content (AvgIpc) is 2.47. The van der Waals surface area contributed by atoms with Crippen LogP contribution in [0.15, 0.2) is 90.5 Å². The average molecular weight is 285 g/mol. The highest BCUT2D eigenvalue weighted by atomic mass is 35.5. The molecule has 0 atom stereocenters. The fourth-order valence-electron chi connectivity index (χ4n) is 1.58. The Labute approximate surface area is 126 Å². The number of benzene rings is 2. The molecule has 0 bridgehead atoms. The number of hydrogen-bond donors (Lipinski definition) is 1. The predicted octanol–water partition coefficient (Wildman–Crippen LogP) is 4.99. The zero-order chi connectivity index (χ0) is 13.3. The van der Waals surface area contributed by atoms with E-state index in [9.17, 15) is 0 Å². The summed E-state index contributed by atoms with van der Waals surface area (Å²) in [5.41, 5.74) is 1.92. The topological polar surface area (TPSA) is 24.4 Å². The van der Waals surface area contributed by atoms with Crippen molar-refractivity contribution in [2.45, 2.75) is 0 Å². The van der Waals surface area contributed by atoms with Crippen molar-refractivity contribution in [3.8, 4) is 0 Å². The highest BCUT2D eigenvalue weighted by molar-refractivity contribution is 6.05. The van der Waals surface area contributed by atoms with Crippen LogP contribution in [0.5, 0.6) is 0 Å². The monoisotopic (exact) mass is 284 g/mol. The molecular formula is C17H17ClN2. The standard InChI is InChI=1S/C17H16N2.ClH/c1-2-3-14-17(18-15-10-6-4-7-11-15)19-16-12-8-5-9-13-16;/h2-14H,1H2,(H,18,19);1H/b14-3+;. The first-order valence-electron chi connectivity index (χ1n) is 6.13. The van der Waals surface area contributed by atoms with Crippen molar-refractivity contribution in [1.82, 2.24) is 0 Å². The summed E-state index contributed by atoms with van der Waals surface area (Å²) in [6.45, 7) is 3.68. The molecule has 0 saturated heterocycles. The van der Waals surface area contributed by atoms with E-state index in [4.69, 9.17) is 0 Å². The molecule has 0 heterocycles. The van der Waals surface area contributed by atoms with E-state index in [1.807, 2.05) is 72.8 Å². The van der Waals surface area contributed by atoms with E-state index >= 15 is 0 Å². The van der Waals surface area contributed by atoms with Crippen molar-refractivity contribution in [3.63, 3.8) is 0 Å². The van der Waals surface area contributed by atoms with E-state index in [1.165, 1.54) is 0 Å². The summed E-state index contributed by atoms with van der Waals surface area (Å²) >= 11 is 0. The molecule has 0 unspecified atom stereocenters. The van der Waals surface area contributed by atoms with Crippen molar-refractivity contribution < 1.29 is 0 Å². The van der Waals surface area contributed by atoms with Crippen LogP contribution in [-0.4, -0.2) is 5.84 Å². The van der Waals surface area contributed by atoms with Crippen molar-refractivity contribution in [2.24, 2.45) is 4.99 Å². The van der Waals surface area contributed by atoms with Crippen LogP contribution in [-0.2, 0) is 0 Å². The van der Waals surface area contributed by atoms with Gasteiger partial charge in [-0.1, -0.05) is 55.1 Å². The molecular weight excluding hydrogens is 268 g/mol. The summed E-state index contributed by atoms with van der Waals surface area (Å²) in [4.78, 5) is 4.56. The molecule has 1 N–H and O–H groups in total. The molecule has 2 aromatic carbocycles. The second-order valence-electron chi connectivity index (χ2n) is 3.92. The molecule has 0 aliphatic carbocycles. The number of para-hydroxylation sites is 2. The lowest BCUT2D eigenvalue weighted by Crippen LogP contribution is -2.08. The molecule has 0 spiro atoms. The molecule has 0 aliphatic rings. The third-order valence-corrected chi connectivity index (χ3v) is 2.44. The van der Waals surface area contributed by atoms with E-state index < -0.39 is 0 Å². The van der Waals surface area contributed by atoms with Crippen LogP contribution in [0.3, 0.4) is 0 Å². The minimum absolute atomic E-state index is 0. The van der Waals surface area contributed by atoms with Gasteiger partial charge in [0.2, 0.25) is 0 Å². The summed E-state index contributed by atoms with van der Waals surface area (Å²) in [6.07, 6.45) is 5.48. The zero-order valence-electron chi connectivity index (χ0n) is 11.1. The van der Waals surface area contributed by atoms with Crippen LogP contribution in [0, 0.1) is 0 Å². The molecule has 2 rings (SSSR count). The van der Waals surface area contributed by atoms with Crippen LogP contribution in [0.1, 0.15) is 0 Å². The van der Waals surface area contributed by atoms with Gasteiger partial charge < -0.3 is 5.32 Å². The highest BCUT2D eigenvalue weighted by Crippen LogP contribution is 2.12. The first kappa shape index (κ1) is 15.7. The largest absolute Gasteiger partial charge is 0.340 e. The fourth-order valence-corrected chi connectivity index (χ4v) is 1.58. The van der Waals surface area contributed by atoms with Crippen LogP contribution in [0.2, 0.25) is 0 Å². The molecule has 2 aromatic rings. The third-order valence-electron chi connectivity index (χ3n) is 2.44. The number of nitrogens with one attached hydrogen (secondary N) is 1.